The SMILES string of the molecule is CC1(C)C(/C=C/C=C/C=C/C=C2/N(CCC(=O)N[C@@H](CCCNC(=N)N)C(=O)NCC(=O)N[C@H](CC(=O)O)C(=O)N[C@@H](CCCNC(=N)N)C(=O)NCC(=O)N[C@H](CC(=O)O)C(N)=O)c3ccc4ccccc4c3C2(C)C)=[N+](CC(=O)N[C@@H](CCCNC(=N)N)C(=O)NCC(=O)N[C@H](CC(=O)O)C(=O)N[C@@H](CCCNC(=N)N)C(=O)NCC(=O)N[C@H](CC(=O)O)C(N)=O)c2ccc3ccccc3c21. The second kappa shape index (κ2) is 53.3. The van der Waals surface area contributed by atoms with E-state index in [-0.39, 0.29) is 109 Å². The normalized spacial score (nSPS) is 14.7. The summed E-state index contributed by atoms with van der Waals surface area (Å²) < 4.78 is 1.80. The number of nitrogens with one attached hydrogen (secondary N) is 20. The number of benzene rings is 4. The van der Waals surface area contributed by atoms with Crippen molar-refractivity contribution >= 4 is 169 Å². The van der Waals surface area contributed by atoms with Crippen LogP contribution in [0.5, 0.6) is 0 Å². The zero-order valence-corrected chi connectivity index (χ0v) is 76.3. The fraction of sp³-hybridized carbons (Fsp3) is 0.420. The molecule has 0 aromatic heterocycles. The first-order valence-electron chi connectivity index (χ1n) is 43.6. The van der Waals surface area contributed by atoms with Crippen LogP contribution in [-0.2, 0) is 97.1 Å². The van der Waals surface area contributed by atoms with Crippen molar-refractivity contribution in [2.75, 3.05) is 70.3 Å². The third-order valence-corrected chi connectivity index (χ3v) is 21.7. The quantitative estimate of drug-likeness (QED) is 0.00644. The number of carbonyl (C=O) groups excluding carboxylic acids is 14. The van der Waals surface area contributed by atoms with Crippen LogP contribution in [0, 0.1) is 21.6 Å². The fourth-order valence-electron chi connectivity index (χ4n) is 15.3. The van der Waals surface area contributed by atoms with E-state index in [1.165, 1.54) is 0 Å². The second-order valence-corrected chi connectivity index (χ2v) is 33.0. The van der Waals surface area contributed by atoms with E-state index in [1.807, 2.05) is 124 Å². The summed E-state index contributed by atoms with van der Waals surface area (Å²) in [5, 5.41) is 110. The van der Waals surface area contributed by atoms with Crippen LogP contribution in [0.1, 0.15) is 122 Å². The molecule has 50 nitrogen and oxygen atoms in total. The van der Waals surface area contributed by atoms with Gasteiger partial charge in [-0.3, -0.25) is 108 Å². The third-order valence-electron chi connectivity index (χ3n) is 21.7. The summed E-state index contributed by atoms with van der Waals surface area (Å²) >= 11 is 0. The van der Waals surface area contributed by atoms with E-state index >= 15 is 0 Å². The van der Waals surface area contributed by atoms with Gasteiger partial charge in [-0.15, -0.1) is 0 Å². The van der Waals surface area contributed by atoms with E-state index in [0.29, 0.717) is 11.4 Å². The van der Waals surface area contributed by atoms with Gasteiger partial charge in [-0.1, -0.05) is 98.8 Å². The molecule has 0 bridgehead atoms. The molecule has 0 unspecified atom stereocenters. The largest absolute Gasteiger partial charge is 0.481 e. The van der Waals surface area contributed by atoms with E-state index in [0.717, 1.165) is 44.1 Å². The lowest BCUT2D eigenvalue weighted by atomic mass is 9.79. The number of guanidine groups is 4. The highest BCUT2D eigenvalue weighted by atomic mass is 16.4. The standard InChI is InChI=1S/C88H120N28O22/c1-87(2)61(115(59-30-28-47-18-10-12-20-49(47)73(59)87)37-32-63(117)107-51(22-14-33-99-83(91)92)77(133)103-44-66(120)111-57(40-71(127)128)81(137)113-53(24-16-35-101-85(95)96)79(135)105-42-64(118)109-55(75(89)131)38-69(123)124)26-8-6-5-7-9-27-62-88(3,4)74-50-21-13-11-19-48(50)29-31-60(74)116(62)46-68(122)108-52(23-15-34-100-84(93)94)78(134)104-45-67(121)112-58(41-72(129)130)82(138)114-54(25-17-36-102-86(97)98)80(136)106-43-65(119)110-56(76(90)132)39-70(125)126/h5-13,18-21,26-31,51-58H,14-17,22-25,32-46H2,1-4H3,(H35-,89,90,91,92,93,94,95,96,97,98,99,100,101,102,103,104,105,106,107,108,109,110,111,112,113,114,117,118,119,120,121,122,123,124,125,126,127,128,129,130,131,132,133,134,135,136,137,138)/p+1/t51-,52-,53-,54-,55+,56+,57+,58+/m0/s1. The number of nitrogens with two attached hydrogens (primary N) is 6. The van der Waals surface area contributed by atoms with Crippen molar-refractivity contribution < 1.29 is 111 Å². The summed E-state index contributed by atoms with van der Waals surface area (Å²) in [6, 6.07) is 10.2. The molecule has 0 saturated carbocycles. The molecule has 138 heavy (non-hydrogen) atoms. The Morgan fingerprint density at radius 3 is 1.09 bits per heavy atom. The number of carboxylic acids is 4. The third kappa shape index (κ3) is 35.1. The molecule has 36 N–H and O–H groups in total. The Hall–Kier alpha value is -16.6. The number of nitrogens with zero attached hydrogens (tertiary/aromatic N) is 2. The number of primary amides is 2. The van der Waals surface area contributed by atoms with Crippen LogP contribution in [0.2, 0.25) is 0 Å². The first-order chi connectivity index (χ1) is 65.2. The van der Waals surface area contributed by atoms with Gasteiger partial charge >= 0.3 is 23.9 Å². The van der Waals surface area contributed by atoms with E-state index in [9.17, 15) is 96.5 Å². The average molecular weight is 1920 g/mol. The van der Waals surface area contributed by atoms with Crippen molar-refractivity contribution in [2.24, 2.45) is 34.4 Å². The topological polar surface area (TPSA) is 838 Å². The summed E-state index contributed by atoms with van der Waals surface area (Å²) in [7, 11) is 0. The van der Waals surface area contributed by atoms with Crippen molar-refractivity contribution in [3.8, 4) is 0 Å². The first-order valence-corrected chi connectivity index (χ1v) is 43.6. The van der Waals surface area contributed by atoms with Gasteiger partial charge in [0.1, 0.15) is 48.3 Å². The number of aliphatic carboxylic acids is 4. The van der Waals surface area contributed by atoms with Crippen LogP contribution in [-0.4, -0.2) is 275 Å². The summed E-state index contributed by atoms with van der Waals surface area (Å²) in [6.45, 7) is 4.36. The van der Waals surface area contributed by atoms with Crippen LogP contribution in [0.25, 0.3) is 21.5 Å². The van der Waals surface area contributed by atoms with Crippen molar-refractivity contribution in [1.82, 2.24) is 85.1 Å². The van der Waals surface area contributed by atoms with Gasteiger partial charge in [-0.2, -0.15) is 4.58 Å². The Kier molecular flexibility index (Phi) is 42.5. The maximum atomic E-state index is 14.7. The highest BCUT2D eigenvalue weighted by Gasteiger charge is 2.47. The molecule has 0 spiro atoms. The smallest absolute Gasteiger partial charge is 0.305 e. The van der Waals surface area contributed by atoms with Crippen LogP contribution in [0.3, 0.4) is 0 Å². The number of hydrogen-bond donors (Lipinski definition) is 30. The second-order valence-electron chi connectivity index (χ2n) is 33.0. The average Bonchev–Trinajstić information content (AvgIpc) is 1.57. The summed E-state index contributed by atoms with van der Waals surface area (Å²) in [4.78, 5) is 237. The lowest BCUT2D eigenvalue weighted by Gasteiger charge is -2.27. The Labute approximate surface area is 790 Å². The minimum atomic E-state index is -1.91. The van der Waals surface area contributed by atoms with E-state index in [1.54, 1.807) is 28.9 Å². The molecule has 8 atom stereocenters. The molecule has 2 aliphatic rings. The van der Waals surface area contributed by atoms with Gasteiger partial charge in [0.25, 0.3) is 5.91 Å². The van der Waals surface area contributed by atoms with Crippen molar-refractivity contribution in [1.29, 1.82) is 21.6 Å². The Morgan fingerprint density at radius 1 is 0.370 bits per heavy atom. The number of carbonyl (C=O) groups is 18. The molecule has 2 heterocycles. The zero-order chi connectivity index (χ0) is 102. The van der Waals surface area contributed by atoms with Gasteiger partial charge in [0, 0.05) is 73.6 Å². The maximum absolute atomic E-state index is 14.7. The van der Waals surface area contributed by atoms with E-state index in [4.69, 9.17) is 66.3 Å². The van der Waals surface area contributed by atoms with Crippen molar-refractivity contribution in [3.05, 3.63) is 132 Å². The number of anilines is 1. The minimum Gasteiger partial charge on any atom is -0.481 e. The van der Waals surface area contributed by atoms with Crippen LogP contribution < -0.4 is 124 Å². The molecule has 4 aromatic carbocycles. The van der Waals surface area contributed by atoms with Gasteiger partial charge in [-0.25, -0.2) is 0 Å². The maximum Gasteiger partial charge on any atom is 0.305 e. The number of allylic oxidation sites excluding steroid dienone is 8. The minimum absolute atomic E-state index is 0.00955. The highest BCUT2D eigenvalue weighted by Crippen LogP contribution is 2.51. The number of amides is 14. The molecular formula is C88H121N28O22+. The molecule has 14 amide bonds. The van der Waals surface area contributed by atoms with Gasteiger partial charge in [0.2, 0.25) is 89.0 Å². The molecular weight excluding hydrogens is 1800 g/mol. The van der Waals surface area contributed by atoms with Crippen LogP contribution in [0.15, 0.2) is 121 Å². The molecule has 0 saturated heterocycles. The molecule has 2 aliphatic heterocycles. The molecule has 4 aromatic rings. The Balaban J connectivity index is 1.20. The van der Waals surface area contributed by atoms with Gasteiger partial charge in [0.15, 0.2) is 29.5 Å². The lowest BCUT2D eigenvalue weighted by Crippen LogP contribution is -2.56. The predicted molar refractivity (Wildman–Crippen MR) is 503 cm³/mol. The van der Waals surface area contributed by atoms with Crippen LogP contribution >= 0.6 is 0 Å². The first kappa shape index (κ1) is 110. The Morgan fingerprint density at radius 2 is 0.703 bits per heavy atom. The summed E-state index contributed by atoms with van der Waals surface area (Å²) in [6.07, 6.45) is 8.26. The summed E-state index contributed by atoms with van der Waals surface area (Å²) in [5.74, 6) is -22.0. The molecule has 0 fully saturated rings. The van der Waals surface area contributed by atoms with Crippen LogP contribution in [0.4, 0.5) is 11.4 Å². The number of rotatable bonds is 57. The van der Waals surface area contributed by atoms with Crippen molar-refractivity contribution in [2.45, 2.75) is 170 Å². The van der Waals surface area contributed by atoms with Gasteiger partial charge < -0.3 is 145 Å². The Bertz CT molecular complexity index is 5460. The lowest BCUT2D eigenvalue weighted by molar-refractivity contribution is -0.425. The van der Waals surface area contributed by atoms with E-state index in [2.05, 4.69) is 85.1 Å². The predicted octanol–water partition coefficient (Wildman–Crippen LogP) is -5.62. The summed E-state index contributed by atoms with van der Waals surface area (Å²) in [5.41, 5.74) is 35.4. The molecule has 0 aliphatic carbocycles. The molecule has 744 valence electrons. The fourth-order valence-corrected chi connectivity index (χ4v) is 15.3. The van der Waals surface area contributed by atoms with Gasteiger partial charge in [-0.05, 0) is 111 Å². The number of fused-ring (bicyclic) bond motifs is 6. The van der Waals surface area contributed by atoms with Crippen molar-refractivity contribution in [3.63, 3.8) is 0 Å². The van der Waals surface area contributed by atoms with E-state index < -0.39 is 230 Å². The number of hydrogen-bond acceptors (Lipinski definition) is 23. The monoisotopic (exact) mass is 1920 g/mol. The van der Waals surface area contributed by atoms with Gasteiger partial charge in [0.05, 0.1) is 57.3 Å². The molecule has 50 heteroatoms. The molecule has 0 radical (unpaired) electrons. The zero-order valence-electron chi connectivity index (χ0n) is 76.3. The molecule has 6 rings (SSSR count). The number of carboxylic acid groups (broad SMARTS) is 4. The highest BCUT2D eigenvalue weighted by molar-refractivity contribution is 6.09.